The summed E-state index contributed by atoms with van der Waals surface area (Å²) < 4.78 is 10.5. The lowest BCUT2D eigenvalue weighted by molar-refractivity contribution is -0.154. The topological polar surface area (TPSA) is 64.6 Å². The molecule has 1 atom stereocenters. The lowest BCUT2D eigenvalue weighted by atomic mass is 9.88. The first-order valence-electron chi connectivity index (χ1n) is 8.87. The quantitative estimate of drug-likeness (QED) is 0.814. The van der Waals surface area contributed by atoms with Crippen LogP contribution in [0.2, 0.25) is 0 Å². The molecule has 1 aromatic carbocycles. The van der Waals surface area contributed by atoms with Crippen LogP contribution in [-0.4, -0.2) is 31.2 Å². The molecule has 5 heteroatoms. The van der Waals surface area contributed by atoms with E-state index in [1.165, 1.54) is 11.1 Å². The van der Waals surface area contributed by atoms with Crippen LogP contribution in [0.3, 0.4) is 0 Å². The Labute approximate surface area is 142 Å². The Morgan fingerprint density at radius 3 is 2.67 bits per heavy atom. The summed E-state index contributed by atoms with van der Waals surface area (Å²) in [7, 11) is 0. The highest BCUT2D eigenvalue weighted by atomic mass is 16.6. The van der Waals surface area contributed by atoms with Crippen LogP contribution in [0.1, 0.15) is 55.7 Å². The monoisotopic (exact) mass is 331 g/mol. The van der Waals surface area contributed by atoms with Gasteiger partial charge < -0.3 is 14.8 Å². The first-order valence-corrected chi connectivity index (χ1v) is 8.87. The second-order valence-electron chi connectivity index (χ2n) is 6.59. The van der Waals surface area contributed by atoms with Gasteiger partial charge in [-0.25, -0.2) is 4.79 Å². The lowest BCUT2D eigenvalue weighted by Gasteiger charge is -2.26. The zero-order chi connectivity index (χ0) is 16.8. The van der Waals surface area contributed by atoms with E-state index in [-0.39, 0.29) is 31.3 Å². The summed E-state index contributed by atoms with van der Waals surface area (Å²) in [5, 5.41) is 2.97. The summed E-state index contributed by atoms with van der Waals surface area (Å²) in [5.41, 5.74) is 2.46. The number of rotatable bonds is 6. The maximum absolute atomic E-state index is 12.1. The van der Waals surface area contributed by atoms with Gasteiger partial charge in [0.15, 0.2) is 6.61 Å². The molecule has 0 aliphatic heterocycles. The van der Waals surface area contributed by atoms with Gasteiger partial charge in [0.2, 0.25) is 0 Å². The number of aryl methyl sites for hydroxylation is 1. The molecule has 0 spiro atoms. The van der Waals surface area contributed by atoms with Crippen molar-refractivity contribution in [1.82, 2.24) is 5.32 Å². The molecule has 1 fully saturated rings. The highest BCUT2D eigenvalue weighted by molar-refractivity contribution is 5.81. The first-order chi connectivity index (χ1) is 11.7. The number of carbonyl (C=O) groups is 2. The summed E-state index contributed by atoms with van der Waals surface area (Å²) in [5.74, 6) is -0.730. The fourth-order valence-corrected chi connectivity index (χ4v) is 3.57. The van der Waals surface area contributed by atoms with E-state index in [1.54, 1.807) is 0 Å². The number of ether oxygens (including phenoxy) is 2. The number of nitrogens with one attached hydrogen (secondary N) is 1. The molecular weight excluding hydrogens is 306 g/mol. The minimum absolute atomic E-state index is 0.0101. The number of benzene rings is 1. The predicted molar refractivity (Wildman–Crippen MR) is 89.4 cm³/mol. The molecular formula is C19H25NO4. The minimum Gasteiger partial charge on any atom is -0.454 e. The Morgan fingerprint density at radius 1 is 1.04 bits per heavy atom. The van der Waals surface area contributed by atoms with Crippen molar-refractivity contribution in [2.45, 2.75) is 57.1 Å². The molecule has 2 aliphatic carbocycles. The van der Waals surface area contributed by atoms with Crippen LogP contribution in [0.4, 0.5) is 0 Å². The van der Waals surface area contributed by atoms with Crippen LogP contribution < -0.4 is 5.32 Å². The molecule has 3 rings (SSSR count). The van der Waals surface area contributed by atoms with E-state index >= 15 is 0 Å². The van der Waals surface area contributed by atoms with E-state index in [2.05, 4.69) is 17.4 Å². The van der Waals surface area contributed by atoms with Gasteiger partial charge in [0.25, 0.3) is 5.91 Å². The maximum atomic E-state index is 12.1. The average Bonchev–Trinajstić information content (AvgIpc) is 3.12. The average molecular weight is 331 g/mol. The molecule has 0 radical (unpaired) electrons. The fourth-order valence-electron chi connectivity index (χ4n) is 3.57. The van der Waals surface area contributed by atoms with Crippen LogP contribution in [-0.2, 0) is 25.5 Å². The van der Waals surface area contributed by atoms with E-state index in [0.717, 1.165) is 44.9 Å². The molecule has 0 bridgehead atoms. The number of hydrogen-bond donors (Lipinski definition) is 1. The third-order valence-electron chi connectivity index (χ3n) is 4.81. The van der Waals surface area contributed by atoms with Crippen molar-refractivity contribution in [3.8, 4) is 0 Å². The molecule has 0 aromatic heterocycles. The second kappa shape index (κ2) is 8.29. The molecule has 1 N–H and O–H groups in total. The fraction of sp³-hybridized carbons (Fsp3) is 0.579. The van der Waals surface area contributed by atoms with Gasteiger partial charge in [0, 0.05) is 0 Å². The third kappa shape index (κ3) is 4.57. The Hall–Kier alpha value is -1.88. The maximum Gasteiger partial charge on any atom is 0.332 e. The molecule has 0 heterocycles. The highest BCUT2D eigenvalue weighted by Gasteiger charge is 2.22. The molecule has 1 aromatic rings. The smallest absolute Gasteiger partial charge is 0.332 e. The Morgan fingerprint density at radius 2 is 1.83 bits per heavy atom. The van der Waals surface area contributed by atoms with Crippen LogP contribution in [0.25, 0.3) is 0 Å². The van der Waals surface area contributed by atoms with Gasteiger partial charge in [0.05, 0.1) is 12.1 Å². The number of fused-ring (bicyclic) bond motifs is 1. The summed E-state index contributed by atoms with van der Waals surface area (Å²) in [6.45, 7) is -0.310. The number of hydrogen-bond acceptors (Lipinski definition) is 4. The van der Waals surface area contributed by atoms with Crippen molar-refractivity contribution in [2.24, 2.45) is 0 Å². The lowest BCUT2D eigenvalue weighted by Crippen LogP contribution is -2.34. The predicted octanol–water partition coefficient (Wildman–Crippen LogP) is 2.68. The second-order valence-corrected chi connectivity index (χ2v) is 6.59. The van der Waals surface area contributed by atoms with E-state index in [9.17, 15) is 9.59 Å². The van der Waals surface area contributed by atoms with Crippen LogP contribution in [0.15, 0.2) is 24.3 Å². The normalized spacial score (nSPS) is 20.4. The molecule has 24 heavy (non-hydrogen) atoms. The SMILES string of the molecule is O=C(COC(=O)COC1CCCC1)NC1CCCc2ccccc21. The first kappa shape index (κ1) is 17.0. The van der Waals surface area contributed by atoms with E-state index in [1.807, 2.05) is 12.1 Å². The zero-order valence-corrected chi connectivity index (χ0v) is 14.0. The van der Waals surface area contributed by atoms with Gasteiger partial charge in [-0.1, -0.05) is 37.1 Å². The van der Waals surface area contributed by atoms with Gasteiger partial charge in [-0.05, 0) is 43.2 Å². The third-order valence-corrected chi connectivity index (χ3v) is 4.81. The standard InChI is InChI=1S/C19H25NO4/c21-18(12-24-19(22)13-23-15-8-2-3-9-15)20-17-11-5-7-14-6-1-4-10-16(14)17/h1,4,6,10,15,17H,2-3,5,7-9,11-13H2,(H,20,21). The summed E-state index contributed by atoms with van der Waals surface area (Å²) in [6.07, 6.45) is 7.53. The van der Waals surface area contributed by atoms with Gasteiger partial charge >= 0.3 is 5.97 Å². The molecule has 1 saturated carbocycles. The highest BCUT2D eigenvalue weighted by Crippen LogP contribution is 2.29. The van der Waals surface area contributed by atoms with E-state index < -0.39 is 5.97 Å². The molecule has 5 nitrogen and oxygen atoms in total. The Kier molecular flexibility index (Phi) is 5.86. The molecule has 130 valence electrons. The van der Waals surface area contributed by atoms with Gasteiger partial charge in [-0.15, -0.1) is 0 Å². The molecule has 0 saturated heterocycles. The van der Waals surface area contributed by atoms with Crippen molar-refractivity contribution in [3.63, 3.8) is 0 Å². The van der Waals surface area contributed by atoms with Crippen molar-refractivity contribution < 1.29 is 19.1 Å². The van der Waals surface area contributed by atoms with Crippen LogP contribution in [0.5, 0.6) is 0 Å². The van der Waals surface area contributed by atoms with Crippen molar-refractivity contribution in [2.75, 3.05) is 13.2 Å². The van der Waals surface area contributed by atoms with Crippen molar-refractivity contribution >= 4 is 11.9 Å². The van der Waals surface area contributed by atoms with Gasteiger partial charge in [-0.3, -0.25) is 4.79 Å². The van der Waals surface area contributed by atoms with E-state index in [4.69, 9.17) is 9.47 Å². The number of amides is 1. The molecule has 1 amide bonds. The number of carbonyl (C=O) groups excluding carboxylic acids is 2. The summed E-state index contributed by atoms with van der Waals surface area (Å²) >= 11 is 0. The van der Waals surface area contributed by atoms with Crippen LogP contribution >= 0.6 is 0 Å². The summed E-state index contributed by atoms with van der Waals surface area (Å²) in [6, 6.07) is 8.18. The summed E-state index contributed by atoms with van der Waals surface area (Å²) in [4.78, 5) is 23.7. The minimum atomic E-state index is -0.471. The van der Waals surface area contributed by atoms with Crippen molar-refractivity contribution in [3.05, 3.63) is 35.4 Å². The largest absolute Gasteiger partial charge is 0.454 e. The Bertz CT molecular complexity index is 580. The van der Waals surface area contributed by atoms with E-state index in [0.29, 0.717) is 0 Å². The molecule has 2 aliphatic rings. The number of esters is 1. The Balaban J connectivity index is 1.40. The molecule has 1 unspecified atom stereocenters. The van der Waals surface area contributed by atoms with Crippen molar-refractivity contribution in [1.29, 1.82) is 0 Å². The van der Waals surface area contributed by atoms with Gasteiger partial charge in [-0.2, -0.15) is 0 Å². The van der Waals surface area contributed by atoms with Gasteiger partial charge in [0.1, 0.15) is 6.61 Å². The van der Waals surface area contributed by atoms with Crippen LogP contribution in [0, 0.1) is 0 Å². The zero-order valence-electron chi connectivity index (χ0n) is 14.0.